The van der Waals surface area contributed by atoms with Crippen LogP contribution in [0.1, 0.15) is 68.3 Å². The number of nitrogens with one attached hydrogen (secondary N) is 1. The number of nitrogens with zero attached hydrogens (tertiary/aromatic N) is 1. The Bertz CT molecular complexity index is 304. The number of likely N-dealkylation sites (N-methyl/N-ethyl adjacent to an activating group) is 1. The third kappa shape index (κ3) is 10.8. The summed E-state index contributed by atoms with van der Waals surface area (Å²) in [5.74, 6) is 0. The van der Waals surface area contributed by atoms with Gasteiger partial charge < -0.3 is 10.2 Å². The monoisotopic (exact) mass is 310 g/mol. The van der Waals surface area contributed by atoms with Gasteiger partial charge in [-0.25, -0.2) is 0 Å². The van der Waals surface area contributed by atoms with Crippen molar-refractivity contribution in [2.45, 2.75) is 73.9 Å². The largest absolute Gasteiger partial charge is 0.309 e. The summed E-state index contributed by atoms with van der Waals surface area (Å²) in [6.07, 6.45) is 2.66. The molecule has 1 aromatic carbocycles. The Balaban J connectivity index is -0.000000514. The molecule has 0 aromatic heterocycles. The maximum atomic E-state index is 3.66. The van der Waals surface area contributed by atoms with Gasteiger partial charge in [-0.2, -0.15) is 0 Å². The Labute approximate surface area is 141 Å². The van der Waals surface area contributed by atoms with Gasteiger partial charge in [0.2, 0.25) is 0 Å². The van der Waals surface area contributed by atoms with E-state index in [-0.39, 0.29) is 1.43 Å². The third-order valence-electron chi connectivity index (χ3n) is 3.39. The molecule has 0 amide bonds. The average Bonchev–Trinajstić information content (AvgIpc) is 2.66. The zero-order chi connectivity index (χ0) is 17.2. The van der Waals surface area contributed by atoms with Gasteiger partial charge in [0.1, 0.15) is 0 Å². The summed E-state index contributed by atoms with van der Waals surface area (Å²) in [6, 6.07) is 11.3. The molecule has 1 aliphatic heterocycles. The SMILES string of the molecule is CC.CC.CC.CCN1CCCC(NCc2ccccc2)C1.[HH]. The Morgan fingerprint density at radius 3 is 2.18 bits per heavy atom. The van der Waals surface area contributed by atoms with Crippen LogP contribution in [0.2, 0.25) is 0 Å². The summed E-state index contributed by atoms with van der Waals surface area (Å²) in [6.45, 7) is 18.9. The van der Waals surface area contributed by atoms with Gasteiger partial charge >= 0.3 is 0 Å². The normalized spacial score (nSPS) is 17.0. The molecule has 1 aromatic rings. The molecule has 1 aliphatic rings. The predicted octanol–water partition coefficient (Wildman–Crippen LogP) is 5.59. The van der Waals surface area contributed by atoms with Crippen molar-refractivity contribution < 1.29 is 1.43 Å². The van der Waals surface area contributed by atoms with Crippen molar-refractivity contribution in [1.82, 2.24) is 10.2 Å². The fourth-order valence-corrected chi connectivity index (χ4v) is 2.37. The standard InChI is InChI=1S/C14H22N2.3C2H6.H2/c1-2-16-10-6-9-14(12-16)15-11-13-7-4-3-5-8-13;3*1-2;/h3-5,7-8,14-15H,2,6,9-12H2,1H3;3*1-2H3;1H. The minimum atomic E-state index is 0. The van der Waals surface area contributed by atoms with Crippen LogP contribution in [0.15, 0.2) is 30.3 Å². The van der Waals surface area contributed by atoms with Gasteiger partial charge in [0.25, 0.3) is 0 Å². The number of hydrogen-bond donors (Lipinski definition) is 1. The van der Waals surface area contributed by atoms with Crippen LogP contribution in [0.25, 0.3) is 0 Å². The summed E-state index contributed by atoms with van der Waals surface area (Å²) >= 11 is 0. The molecule has 1 N–H and O–H groups in total. The van der Waals surface area contributed by atoms with Crippen LogP contribution < -0.4 is 5.32 Å². The summed E-state index contributed by atoms with van der Waals surface area (Å²) in [5, 5.41) is 3.66. The van der Waals surface area contributed by atoms with Crippen molar-refractivity contribution in [2.24, 2.45) is 0 Å². The highest BCUT2D eigenvalue weighted by molar-refractivity contribution is 5.14. The van der Waals surface area contributed by atoms with E-state index in [0.717, 1.165) is 6.54 Å². The van der Waals surface area contributed by atoms with Crippen molar-refractivity contribution in [1.29, 1.82) is 0 Å². The highest BCUT2D eigenvalue weighted by Gasteiger charge is 2.17. The smallest absolute Gasteiger partial charge is 0.0208 e. The highest BCUT2D eigenvalue weighted by Crippen LogP contribution is 2.10. The lowest BCUT2D eigenvalue weighted by Gasteiger charge is -2.32. The molecule has 2 rings (SSSR count). The van der Waals surface area contributed by atoms with Gasteiger partial charge in [-0.1, -0.05) is 78.8 Å². The first-order valence-corrected chi connectivity index (χ1v) is 9.38. The van der Waals surface area contributed by atoms with E-state index in [1.165, 1.54) is 38.0 Å². The number of rotatable bonds is 4. The van der Waals surface area contributed by atoms with E-state index in [0.29, 0.717) is 6.04 Å². The van der Waals surface area contributed by atoms with E-state index in [9.17, 15) is 0 Å². The molecule has 1 saturated heterocycles. The molecule has 22 heavy (non-hydrogen) atoms. The molecule has 1 unspecified atom stereocenters. The second kappa shape index (κ2) is 18.2. The third-order valence-corrected chi connectivity index (χ3v) is 3.39. The van der Waals surface area contributed by atoms with Crippen molar-refractivity contribution >= 4 is 0 Å². The van der Waals surface area contributed by atoms with Crippen molar-refractivity contribution in [2.75, 3.05) is 19.6 Å². The van der Waals surface area contributed by atoms with Crippen LogP contribution in [-0.2, 0) is 6.54 Å². The lowest BCUT2D eigenvalue weighted by molar-refractivity contribution is 0.198. The highest BCUT2D eigenvalue weighted by atomic mass is 15.2. The van der Waals surface area contributed by atoms with Gasteiger partial charge in [-0.15, -0.1) is 0 Å². The van der Waals surface area contributed by atoms with Crippen molar-refractivity contribution in [3.05, 3.63) is 35.9 Å². The fraction of sp³-hybridized carbons (Fsp3) is 0.700. The molecule has 0 bridgehead atoms. The lowest BCUT2D eigenvalue weighted by atomic mass is 10.1. The van der Waals surface area contributed by atoms with Gasteiger partial charge in [0.05, 0.1) is 0 Å². The molecule has 0 spiro atoms. The first kappa shape index (κ1) is 23.4. The van der Waals surface area contributed by atoms with E-state index in [2.05, 4.69) is 47.5 Å². The number of benzene rings is 1. The number of piperidine rings is 1. The van der Waals surface area contributed by atoms with E-state index in [1.54, 1.807) is 0 Å². The topological polar surface area (TPSA) is 15.3 Å². The van der Waals surface area contributed by atoms with Gasteiger partial charge in [-0.05, 0) is 31.5 Å². The summed E-state index contributed by atoms with van der Waals surface area (Å²) < 4.78 is 0. The molecule has 2 nitrogen and oxygen atoms in total. The maximum Gasteiger partial charge on any atom is 0.0208 e. The van der Waals surface area contributed by atoms with Crippen LogP contribution in [0.3, 0.4) is 0 Å². The molecule has 0 saturated carbocycles. The lowest BCUT2D eigenvalue weighted by Crippen LogP contribution is -2.45. The van der Waals surface area contributed by atoms with Gasteiger partial charge in [0, 0.05) is 20.6 Å². The first-order chi connectivity index (χ1) is 10.9. The minimum Gasteiger partial charge on any atom is -0.309 e. The molecular formula is C20H42N2. The van der Waals surface area contributed by atoms with Crippen molar-refractivity contribution in [3.63, 3.8) is 0 Å². The second-order valence-electron chi connectivity index (χ2n) is 4.60. The molecule has 0 aliphatic carbocycles. The summed E-state index contributed by atoms with van der Waals surface area (Å²) in [5.41, 5.74) is 1.39. The van der Waals surface area contributed by atoms with E-state index < -0.39 is 0 Å². The predicted molar refractivity (Wildman–Crippen MR) is 105 cm³/mol. The summed E-state index contributed by atoms with van der Waals surface area (Å²) in [7, 11) is 0. The summed E-state index contributed by atoms with van der Waals surface area (Å²) in [4.78, 5) is 2.53. The van der Waals surface area contributed by atoms with Crippen molar-refractivity contribution in [3.8, 4) is 0 Å². The molecule has 1 heterocycles. The Kier molecular flexibility index (Phi) is 19.4. The molecule has 0 radical (unpaired) electrons. The molecule has 132 valence electrons. The first-order valence-electron chi connectivity index (χ1n) is 9.38. The van der Waals surface area contributed by atoms with Gasteiger partial charge in [-0.3, -0.25) is 0 Å². The van der Waals surface area contributed by atoms with E-state index in [1.807, 2.05) is 41.5 Å². The van der Waals surface area contributed by atoms with Crippen LogP contribution in [0.4, 0.5) is 0 Å². The van der Waals surface area contributed by atoms with E-state index >= 15 is 0 Å². The molecule has 1 fully saturated rings. The zero-order valence-electron chi connectivity index (χ0n) is 16.2. The van der Waals surface area contributed by atoms with Gasteiger partial charge in [0.15, 0.2) is 0 Å². The molecule has 2 heteroatoms. The van der Waals surface area contributed by atoms with Crippen LogP contribution in [0, 0.1) is 0 Å². The second-order valence-corrected chi connectivity index (χ2v) is 4.60. The zero-order valence-corrected chi connectivity index (χ0v) is 16.2. The number of likely N-dealkylation sites (tertiary alicyclic amines) is 1. The van der Waals surface area contributed by atoms with Crippen LogP contribution in [0.5, 0.6) is 0 Å². The van der Waals surface area contributed by atoms with Crippen LogP contribution >= 0.6 is 0 Å². The fourth-order valence-electron chi connectivity index (χ4n) is 2.37. The maximum absolute atomic E-state index is 3.66. The Morgan fingerprint density at radius 2 is 1.64 bits per heavy atom. The Hall–Kier alpha value is -0.860. The number of hydrogen-bond acceptors (Lipinski definition) is 2. The van der Waals surface area contributed by atoms with Crippen LogP contribution in [-0.4, -0.2) is 30.6 Å². The quantitative estimate of drug-likeness (QED) is 0.780. The Morgan fingerprint density at radius 1 is 1.05 bits per heavy atom. The van der Waals surface area contributed by atoms with E-state index in [4.69, 9.17) is 0 Å². The average molecular weight is 311 g/mol. The molecular weight excluding hydrogens is 268 g/mol. The minimum absolute atomic E-state index is 0. The molecule has 1 atom stereocenters.